The van der Waals surface area contributed by atoms with Gasteiger partial charge in [0.2, 0.25) is 0 Å². The number of hydrogen-bond acceptors (Lipinski definition) is 4. The second-order valence-electron chi connectivity index (χ2n) is 6.07. The lowest BCUT2D eigenvalue weighted by Gasteiger charge is -2.20. The average molecular weight is 357 g/mol. The summed E-state index contributed by atoms with van der Waals surface area (Å²) in [6.07, 6.45) is 3.98. The van der Waals surface area contributed by atoms with E-state index < -0.39 is 0 Å². The van der Waals surface area contributed by atoms with Crippen molar-refractivity contribution in [1.82, 2.24) is 9.97 Å². The maximum Gasteiger partial charge on any atom is 0.163 e. The number of benzene rings is 2. The van der Waals surface area contributed by atoms with Gasteiger partial charge in [0.05, 0.1) is 5.39 Å². The molecule has 4 heteroatoms. The summed E-state index contributed by atoms with van der Waals surface area (Å²) in [4.78, 5) is 12.8. The number of rotatable bonds is 4. The first-order valence-corrected chi connectivity index (χ1v) is 9.30. The summed E-state index contributed by atoms with van der Waals surface area (Å²) in [6, 6.07) is 18.5. The molecule has 4 rings (SSSR count). The molecule has 26 heavy (non-hydrogen) atoms. The number of thiophene rings is 1. The zero-order chi connectivity index (χ0) is 18.1. The van der Waals surface area contributed by atoms with Crippen molar-refractivity contribution in [3.05, 3.63) is 79.0 Å². The van der Waals surface area contributed by atoms with E-state index in [4.69, 9.17) is 9.97 Å². The molecule has 4 aromatic rings. The van der Waals surface area contributed by atoms with Crippen molar-refractivity contribution in [2.75, 3.05) is 11.9 Å². The van der Waals surface area contributed by atoms with E-state index in [9.17, 15) is 0 Å². The van der Waals surface area contributed by atoms with Crippen LogP contribution in [0.5, 0.6) is 0 Å². The number of hydrogen-bond donors (Lipinski definition) is 0. The minimum Gasteiger partial charge on any atom is -0.329 e. The van der Waals surface area contributed by atoms with E-state index in [-0.39, 0.29) is 0 Å². The highest BCUT2D eigenvalue weighted by Gasteiger charge is 2.18. The third-order valence-electron chi connectivity index (χ3n) is 4.36. The molecule has 0 saturated carbocycles. The Kier molecular flexibility index (Phi) is 4.27. The molecule has 0 aliphatic rings. The van der Waals surface area contributed by atoms with Crippen LogP contribution in [0, 0.1) is 0 Å². The molecule has 2 aromatic carbocycles. The Balaban J connectivity index is 2.03. The van der Waals surface area contributed by atoms with Crippen molar-refractivity contribution < 1.29 is 0 Å². The van der Waals surface area contributed by atoms with Gasteiger partial charge < -0.3 is 4.90 Å². The molecule has 0 fully saturated rings. The maximum atomic E-state index is 4.92. The standard InChI is InChI=1S/C22H19N3S/c1-4-10-15(2)25(3)21-19-17-13-8-9-14-18(17)26-22(19)24-20(23-21)16-11-6-5-7-12-16/h4-14H,2H2,1,3H3/b10-4-. The van der Waals surface area contributed by atoms with Crippen LogP contribution in [0.3, 0.4) is 0 Å². The topological polar surface area (TPSA) is 29.0 Å². The van der Waals surface area contributed by atoms with Gasteiger partial charge in [-0.05, 0) is 19.1 Å². The Labute approximate surface area is 157 Å². The van der Waals surface area contributed by atoms with E-state index in [0.29, 0.717) is 0 Å². The number of aromatic nitrogens is 2. The van der Waals surface area contributed by atoms with E-state index in [1.807, 2.05) is 61.4 Å². The first kappa shape index (κ1) is 16.5. The number of nitrogens with zero attached hydrogens (tertiary/aromatic N) is 3. The number of allylic oxidation sites excluding steroid dienone is 2. The number of anilines is 1. The predicted octanol–water partition coefficient (Wildman–Crippen LogP) is 6.04. The first-order valence-electron chi connectivity index (χ1n) is 8.49. The van der Waals surface area contributed by atoms with Gasteiger partial charge in [-0.2, -0.15) is 0 Å². The molecule has 0 saturated heterocycles. The van der Waals surface area contributed by atoms with Gasteiger partial charge in [-0.1, -0.05) is 61.2 Å². The molecular formula is C22H19N3S. The van der Waals surface area contributed by atoms with Gasteiger partial charge in [0.25, 0.3) is 0 Å². The smallest absolute Gasteiger partial charge is 0.163 e. The Bertz CT molecular complexity index is 1130. The first-order chi connectivity index (χ1) is 12.7. The highest BCUT2D eigenvalue weighted by molar-refractivity contribution is 7.25. The van der Waals surface area contributed by atoms with Gasteiger partial charge >= 0.3 is 0 Å². The van der Waals surface area contributed by atoms with Crippen molar-refractivity contribution in [1.29, 1.82) is 0 Å². The normalized spacial score (nSPS) is 11.5. The molecule has 0 bridgehead atoms. The molecule has 0 unspecified atom stereocenters. The lowest BCUT2D eigenvalue weighted by molar-refractivity contribution is 1.08. The van der Waals surface area contributed by atoms with Gasteiger partial charge in [0.15, 0.2) is 5.82 Å². The minimum atomic E-state index is 0.736. The summed E-state index contributed by atoms with van der Waals surface area (Å²) in [5, 5.41) is 2.26. The monoisotopic (exact) mass is 357 g/mol. The van der Waals surface area contributed by atoms with Crippen molar-refractivity contribution in [2.24, 2.45) is 0 Å². The third-order valence-corrected chi connectivity index (χ3v) is 5.42. The molecule has 0 spiro atoms. The molecule has 128 valence electrons. The van der Waals surface area contributed by atoms with Gasteiger partial charge in [0.1, 0.15) is 10.6 Å². The molecule has 3 nitrogen and oxygen atoms in total. The van der Waals surface area contributed by atoms with Gasteiger partial charge in [-0.3, -0.25) is 0 Å². The van der Waals surface area contributed by atoms with Gasteiger partial charge in [-0.15, -0.1) is 11.3 Å². The quantitative estimate of drug-likeness (QED) is 0.417. The van der Waals surface area contributed by atoms with Crippen LogP contribution in [0.25, 0.3) is 31.7 Å². The fraction of sp³-hybridized carbons (Fsp3) is 0.0909. The Morgan fingerprint density at radius 2 is 1.77 bits per heavy atom. The molecule has 0 atom stereocenters. The highest BCUT2D eigenvalue weighted by Crippen LogP contribution is 2.39. The average Bonchev–Trinajstić information content (AvgIpc) is 3.06. The van der Waals surface area contributed by atoms with Crippen LogP contribution in [0.2, 0.25) is 0 Å². The molecule has 2 heterocycles. The van der Waals surface area contributed by atoms with Crippen molar-refractivity contribution in [2.45, 2.75) is 6.92 Å². The van der Waals surface area contributed by atoms with Crippen LogP contribution >= 0.6 is 11.3 Å². The summed E-state index contributed by atoms with van der Waals surface area (Å²) in [5.74, 6) is 1.62. The number of likely N-dealkylation sites (N-methyl/N-ethyl adjacent to an activating group) is 1. The van der Waals surface area contributed by atoms with Crippen LogP contribution in [-0.2, 0) is 0 Å². The third kappa shape index (κ3) is 2.78. The predicted molar refractivity (Wildman–Crippen MR) is 113 cm³/mol. The summed E-state index contributed by atoms with van der Waals surface area (Å²) < 4.78 is 1.22. The largest absolute Gasteiger partial charge is 0.329 e. The van der Waals surface area contributed by atoms with Crippen LogP contribution in [-0.4, -0.2) is 17.0 Å². The van der Waals surface area contributed by atoms with E-state index in [1.54, 1.807) is 11.3 Å². The summed E-state index contributed by atoms with van der Waals surface area (Å²) in [5.41, 5.74) is 1.90. The van der Waals surface area contributed by atoms with Crippen molar-refractivity contribution in [3.63, 3.8) is 0 Å². The molecule has 0 radical (unpaired) electrons. The Morgan fingerprint density at radius 1 is 1.04 bits per heavy atom. The molecule has 0 aliphatic carbocycles. The summed E-state index contributed by atoms with van der Waals surface area (Å²) in [6.45, 7) is 6.17. The molecule has 2 aromatic heterocycles. The minimum absolute atomic E-state index is 0.736. The van der Waals surface area contributed by atoms with Crippen LogP contribution in [0.15, 0.2) is 79.0 Å². The second-order valence-corrected chi connectivity index (χ2v) is 7.10. The zero-order valence-electron chi connectivity index (χ0n) is 14.8. The molecule has 0 N–H and O–H groups in total. The van der Waals surface area contributed by atoms with Crippen LogP contribution < -0.4 is 4.90 Å². The summed E-state index contributed by atoms with van der Waals surface area (Å²) in [7, 11) is 2.01. The fourth-order valence-corrected chi connectivity index (χ4v) is 4.07. The van der Waals surface area contributed by atoms with Crippen molar-refractivity contribution in [3.8, 4) is 11.4 Å². The highest BCUT2D eigenvalue weighted by atomic mass is 32.1. The molecule has 0 amide bonds. The lowest BCUT2D eigenvalue weighted by atomic mass is 10.1. The van der Waals surface area contributed by atoms with Gasteiger partial charge in [0, 0.05) is 28.4 Å². The Morgan fingerprint density at radius 3 is 2.54 bits per heavy atom. The van der Waals surface area contributed by atoms with Crippen molar-refractivity contribution >= 4 is 37.5 Å². The second kappa shape index (κ2) is 6.73. The van der Waals surface area contributed by atoms with E-state index >= 15 is 0 Å². The Hall–Kier alpha value is -2.98. The van der Waals surface area contributed by atoms with E-state index in [1.165, 1.54) is 10.1 Å². The number of fused-ring (bicyclic) bond motifs is 3. The molecule has 0 aliphatic heterocycles. The van der Waals surface area contributed by atoms with Crippen LogP contribution in [0.1, 0.15) is 6.92 Å². The summed E-state index contributed by atoms with van der Waals surface area (Å²) >= 11 is 1.70. The van der Waals surface area contributed by atoms with E-state index in [0.717, 1.165) is 33.1 Å². The fourth-order valence-electron chi connectivity index (χ4n) is 3.00. The van der Waals surface area contributed by atoms with Crippen LogP contribution in [0.4, 0.5) is 5.82 Å². The zero-order valence-corrected chi connectivity index (χ0v) is 15.6. The van der Waals surface area contributed by atoms with Gasteiger partial charge in [-0.25, -0.2) is 9.97 Å². The molecular weight excluding hydrogens is 338 g/mol. The maximum absolute atomic E-state index is 4.92. The van der Waals surface area contributed by atoms with E-state index in [2.05, 4.69) is 30.8 Å². The SMILES string of the molecule is C=C(/C=C\C)N(C)c1nc(-c2ccccc2)nc2sc3ccccc3c12. The lowest BCUT2D eigenvalue weighted by Crippen LogP contribution is -2.16.